The van der Waals surface area contributed by atoms with Gasteiger partial charge in [0.15, 0.2) is 0 Å². The van der Waals surface area contributed by atoms with Crippen molar-refractivity contribution in [2.75, 3.05) is 11.9 Å². The lowest BCUT2D eigenvalue weighted by Crippen LogP contribution is -2.16. The van der Waals surface area contributed by atoms with Crippen LogP contribution in [-0.2, 0) is 17.6 Å². The van der Waals surface area contributed by atoms with Crippen LogP contribution in [0.5, 0.6) is 0 Å². The fourth-order valence-corrected chi connectivity index (χ4v) is 4.59. The maximum absolute atomic E-state index is 12.7. The third-order valence-electron chi connectivity index (χ3n) is 4.70. The summed E-state index contributed by atoms with van der Waals surface area (Å²) in [6.45, 7) is 3.85. The second-order valence-corrected chi connectivity index (χ2v) is 7.87. The van der Waals surface area contributed by atoms with Crippen molar-refractivity contribution in [3.63, 3.8) is 0 Å². The van der Waals surface area contributed by atoms with E-state index in [2.05, 4.69) is 5.32 Å². The molecule has 0 fully saturated rings. The number of thiophene rings is 1. The Kier molecular flexibility index (Phi) is 6.08. The number of carbonyl (C=O) groups is 2. The van der Waals surface area contributed by atoms with Crippen LogP contribution in [0.1, 0.15) is 62.9 Å². The van der Waals surface area contributed by atoms with E-state index in [0.29, 0.717) is 28.3 Å². The molecule has 3 rings (SSSR count). The number of hydrogen-bond acceptors (Lipinski definition) is 6. The Labute approximate surface area is 166 Å². The summed E-state index contributed by atoms with van der Waals surface area (Å²) in [5.41, 5.74) is 2.12. The van der Waals surface area contributed by atoms with Gasteiger partial charge in [-0.3, -0.25) is 14.9 Å². The first-order chi connectivity index (χ1) is 13.4. The van der Waals surface area contributed by atoms with Gasteiger partial charge in [-0.2, -0.15) is 0 Å². The monoisotopic (exact) mass is 402 g/mol. The molecule has 1 aromatic heterocycles. The summed E-state index contributed by atoms with van der Waals surface area (Å²) in [4.78, 5) is 36.9. The van der Waals surface area contributed by atoms with Crippen molar-refractivity contribution in [1.29, 1.82) is 0 Å². The number of amides is 1. The van der Waals surface area contributed by atoms with Crippen LogP contribution in [0.4, 0.5) is 10.7 Å². The van der Waals surface area contributed by atoms with Gasteiger partial charge in [-0.05, 0) is 56.7 Å². The van der Waals surface area contributed by atoms with E-state index < -0.39 is 16.8 Å². The van der Waals surface area contributed by atoms with E-state index in [9.17, 15) is 19.7 Å². The van der Waals surface area contributed by atoms with Crippen molar-refractivity contribution in [3.05, 3.63) is 55.4 Å². The summed E-state index contributed by atoms with van der Waals surface area (Å²) in [7, 11) is 0. The van der Waals surface area contributed by atoms with Crippen LogP contribution in [0.15, 0.2) is 18.2 Å². The molecule has 0 saturated heterocycles. The van der Waals surface area contributed by atoms with Gasteiger partial charge in [0.2, 0.25) is 0 Å². The molecule has 148 valence electrons. The van der Waals surface area contributed by atoms with Gasteiger partial charge in [0.1, 0.15) is 5.00 Å². The molecule has 0 atom stereocenters. The Morgan fingerprint density at radius 3 is 2.71 bits per heavy atom. The molecule has 8 heteroatoms. The van der Waals surface area contributed by atoms with Crippen molar-refractivity contribution in [2.24, 2.45) is 0 Å². The molecule has 0 spiro atoms. The number of rotatable bonds is 6. The standard InChI is InChI=1S/C20H22N2O5S/c1-3-10-27-20(24)17-14-6-4-5-7-16(14)28-19(17)21-18(23)13-8-9-15(22(25)26)12(2)11-13/h8-9,11H,3-7,10H2,1-2H3,(H,21,23). The number of benzene rings is 1. The number of fused-ring (bicyclic) bond motifs is 1. The molecule has 0 bridgehead atoms. The lowest BCUT2D eigenvalue weighted by molar-refractivity contribution is -0.385. The lowest BCUT2D eigenvalue weighted by Gasteiger charge is -2.12. The van der Waals surface area contributed by atoms with Gasteiger partial charge >= 0.3 is 5.97 Å². The SMILES string of the molecule is CCCOC(=O)c1c(NC(=O)c2ccc([N+](=O)[O-])c(C)c2)sc2c1CCCC2. The van der Waals surface area contributed by atoms with Gasteiger partial charge in [-0.25, -0.2) is 4.79 Å². The Hall–Kier alpha value is -2.74. The van der Waals surface area contributed by atoms with E-state index in [-0.39, 0.29) is 5.69 Å². The number of nitro groups is 1. The van der Waals surface area contributed by atoms with Crippen LogP contribution in [0.25, 0.3) is 0 Å². The van der Waals surface area contributed by atoms with Gasteiger partial charge in [0.25, 0.3) is 11.6 Å². The molecule has 7 nitrogen and oxygen atoms in total. The molecular formula is C20H22N2O5S. The molecule has 0 unspecified atom stereocenters. The minimum absolute atomic E-state index is 0.0352. The molecule has 0 aliphatic heterocycles. The molecule has 1 N–H and O–H groups in total. The number of carbonyl (C=O) groups excluding carboxylic acids is 2. The maximum atomic E-state index is 12.7. The Bertz CT molecular complexity index is 935. The first-order valence-electron chi connectivity index (χ1n) is 9.30. The molecule has 2 aromatic rings. The van der Waals surface area contributed by atoms with Crippen molar-refractivity contribution in [2.45, 2.75) is 46.0 Å². The van der Waals surface area contributed by atoms with E-state index in [1.54, 1.807) is 6.92 Å². The maximum Gasteiger partial charge on any atom is 0.341 e. The van der Waals surface area contributed by atoms with Crippen LogP contribution in [-0.4, -0.2) is 23.4 Å². The van der Waals surface area contributed by atoms with Crippen LogP contribution in [0.2, 0.25) is 0 Å². The predicted molar refractivity (Wildman–Crippen MR) is 107 cm³/mol. The van der Waals surface area contributed by atoms with Crippen molar-refractivity contribution in [1.82, 2.24) is 0 Å². The Morgan fingerprint density at radius 1 is 1.29 bits per heavy atom. The highest BCUT2D eigenvalue weighted by Crippen LogP contribution is 2.39. The molecule has 0 saturated carbocycles. The summed E-state index contributed by atoms with van der Waals surface area (Å²) in [5.74, 6) is -0.808. The van der Waals surface area contributed by atoms with E-state index in [4.69, 9.17) is 4.74 Å². The van der Waals surface area contributed by atoms with Gasteiger partial charge in [0.05, 0.1) is 17.1 Å². The number of aryl methyl sites for hydroxylation is 2. The van der Waals surface area contributed by atoms with Crippen LogP contribution < -0.4 is 5.32 Å². The van der Waals surface area contributed by atoms with E-state index in [0.717, 1.165) is 42.5 Å². The zero-order valence-electron chi connectivity index (χ0n) is 15.9. The van der Waals surface area contributed by atoms with Crippen LogP contribution in [0.3, 0.4) is 0 Å². The highest BCUT2D eigenvalue weighted by Gasteiger charge is 2.27. The molecule has 1 aliphatic carbocycles. The highest BCUT2D eigenvalue weighted by molar-refractivity contribution is 7.17. The summed E-state index contributed by atoms with van der Waals surface area (Å²) in [6.07, 6.45) is 4.48. The highest BCUT2D eigenvalue weighted by atomic mass is 32.1. The number of nitrogens with one attached hydrogen (secondary N) is 1. The minimum atomic E-state index is -0.480. The number of hydrogen-bond donors (Lipinski definition) is 1. The predicted octanol–water partition coefficient (Wildman–Crippen LogP) is 4.66. The van der Waals surface area contributed by atoms with E-state index in [1.165, 1.54) is 29.5 Å². The van der Waals surface area contributed by atoms with Crippen molar-refractivity contribution >= 4 is 33.9 Å². The van der Waals surface area contributed by atoms with E-state index in [1.807, 2.05) is 6.92 Å². The lowest BCUT2D eigenvalue weighted by atomic mass is 9.95. The van der Waals surface area contributed by atoms with Gasteiger partial charge in [-0.15, -0.1) is 11.3 Å². The topological polar surface area (TPSA) is 98.5 Å². The molecule has 1 amide bonds. The summed E-state index contributed by atoms with van der Waals surface area (Å²) >= 11 is 1.42. The van der Waals surface area contributed by atoms with E-state index >= 15 is 0 Å². The second-order valence-electron chi connectivity index (χ2n) is 6.76. The molecule has 1 aromatic carbocycles. The third kappa shape index (κ3) is 4.06. The zero-order valence-corrected chi connectivity index (χ0v) is 16.7. The number of ether oxygens (including phenoxy) is 1. The number of esters is 1. The number of nitrogens with zero attached hydrogens (tertiary/aromatic N) is 1. The zero-order chi connectivity index (χ0) is 20.3. The molecule has 28 heavy (non-hydrogen) atoms. The second kappa shape index (κ2) is 8.52. The first-order valence-corrected chi connectivity index (χ1v) is 10.1. The van der Waals surface area contributed by atoms with Gasteiger partial charge in [0, 0.05) is 22.1 Å². The Balaban J connectivity index is 1.90. The number of nitro benzene ring substituents is 1. The fraction of sp³-hybridized carbons (Fsp3) is 0.400. The smallest absolute Gasteiger partial charge is 0.341 e. The normalized spacial score (nSPS) is 12.9. The third-order valence-corrected chi connectivity index (χ3v) is 5.90. The van der Waals surface area contributed by atoms with Gasteiger partial charge in [-0.1, -0.05) is 6.92 Å². The van der Waals surface area contributed by atoms with Crippen LogP contribution >= 0.6 is 11.3 Å². The largest absolute Gasteiger partial charge is 0.462 e. The summed E-state index contributed by atoms with van der Waals surface area (Å²) in [5, 5.41) is 14.3. The van der Waals surface area contributed by atoms with Gasteiger partial charge < -0.3 is 10.1 Å². The molecular weight excluding hydrogens is 380 g/mol. The number of anilines is 1. The van der Waals surface area contributed by atoms with Crippen molar-refractivity contribution in [3.8, 4) is 0 Å². The fourth-order valence-electron chi connectivity index (χ4n) is 3.31. The molecule has 1 aliphatic rings. The molecule has 1 heterocycles. The average molecular weight is 402 g/mol. The Morgan fingerprint density at radius 2 is 2.04 bits per heavy atom. The van der Waals surface area contributed by atoms with Crippen molar-refractivity contribution < 1.29 is 19.2 Å². The summed E-state index contributed by atoms with van der Waals surface area (Å²) < 4.78 is 5.33. The quantitative estimate of drug-likeness (QED) is 0.430. The average Bonchev–Trinajstić information content (AvgIpc) is 3.03. The molecule has 0 radical (unpaired) electrons. The summed E-state index contributed by atoms with van der Waals surface area (Å²) in [6, 6.07) is 4.22. The first kappa shape index (κ1) is 20.0. The minimum Gasteiger partial charge on any atom is -0.462 e. The van der Waals surface area contributed by atoms with Crippen LogP contribution in [0, 0.1) is 17.0 Å².